The fraction of sp³-hybridized carbons (Fsp3) is 0.533. The summed E-state index contributed by atoms with van der Waals surface area (Å²) in [6, 6.07) is 8.41. The van der Waals surface area contributed by atoms with E-state index in [0.29, 0.717) is 6.61 Å². The van der Waals surface area contributed by atoms with E-state index in [-0.39, 0.29) is 5.41 Å². The van der Waals surface area contributed by atoms with Gasteiger partial charge in [-0.3, -0.25) is 0 Å². The first kappa shape index (κ1) is 16.5. The van der Waals surface area contributed by atoms with Crippen LogP contribution < -0.4 is 4.74 Å². The summed E-state index contributed by atoms with van der Waals surface area (Å²) in [4.78, 5) is 0. The van der Waals surface area contributed by atoms with Crippen LogP contribution >= 0.6 is 31.9 Å². The standard InChI is InChI=1S/C15H19Br2NO/c1-15(2,11-18)7-3-4-8-19-14-6-5-12(10-16)9-13(14)17/h5-6,9H,3-4,7-8,10H2,1-2H3. The number of hydrogen-bond donors (Lipinski definition) is 0. The number of alkyl halides is 1. The summed E-state index contributed by atoms with van der Waals surface area (Å²) < 4.78 is 6.73. The molecule has 2 nitrogen and oxygen atoms in total. The van der Waals surface area contributed by atoms with Gasteiger partial charge in [0.1, 0.15) is 5.75 Å². The fourth-order valence-electron chi connectivity index (χ4n) is 1.65. The molecule has 0 saturated heterocycles. The van der Waals surface area contributed by atoms with Gasteiger partial charge in [0.2, 0.25) is 0 Å². The number of nitrogens with zero attached hydrogens (tertiary/aromatic N) is 1. The lowest BCUT2D eigenvalue weighted by atomic mass is 9.89. The third-order valence-electron chi connectivity index (χ3n) is 2.91. The maximum atomic E-state index is 8.92. The molecule has 4 heteroatoms. The molecule has 0 fully saturated rings. The Balaban J connectivity index is 2.32. The molecule has 0 aliphatic rings. The van der Waals surface area contributed by atoms with E-state index in [2.05, 4.69) is 44.0 Å². The normalized spacial score (nSPS) is 11.1. The smallest absolute Gasteiger partial charge is 0.133 e. The van der Waals surface area contributed by atoms with Crippen molar-refractivity contribution in [3.63, 3.8) is 0 Å². The van der Waals surface area contributed by atoms with E-state index in [1.165, 1.54) is 5.56 Å². The Morgan fingerprint density at radius 1 is 1.32 bits per heavy atom. The summed E-state index contributed by atoms with van der Waals surface area (Å²) in [6.07, 6.45) is 2.89. The molecule has 1 aromatic carbocycles. The van der Waals surface area contributed by atoms with Crippen molar-refractivity contribution in [2.24, 2.45) is 5.41 Å². The number of rotatable bonds is 7. The quantitative estimate of drug-likeness (QED) is 0.460. The molecule has 0 atom stereocenters. The van der Waals surface area contributed by atoms with Gasteiger partial charge < -0.3 is 4.74 Å². The van der Waals surface area contributed by atoms with E-state index in [1.807, 2.05) is 26.0 Å². The van der Waals surface area contributed by atoms with E-state index >= 15 is 0 Å². The average molecular weight is 389 g/mol. The van der Waals surface area contributed by atoms with Crippen LogP contribution in [0.3, 0.4) is 0 Å². The number of ether oxygens (including phenoxy) is 1. The van der Waals surface area contributed by atoms with Crippen molar-refractivity contribution in [3.05, 3.63) is 28.2 Å². The van der Waals surface area contributed by atoms with Gasteiger partial charge >= 0.3 is 0 Å². The van der Waals surface area contributed by atoms with Crippen molar-refractivity contribution in [2.45, 2.75) is 38.4 Å². The van der Waals surface area contributed by atoms with Crippen LogP contribution in [-0.2, 0) is 5.33 Å². The van der Waals surface area contributed by atoms with Crippen molar-refractivity contribution in [1.29, 1.82) is 5.26 Å². The largest absolute Gasteiger partial charge is 0.492 e. The van der Waals surface area contributed by atoms with Crippen LogP contribution in [-0.4, -0.2) is 6.61 Å². The fourth-order valence-corrected chi connectivity index (χ4v) is 2.54. The Labute approximate surface area is 132 Å². The zero-order chi connectivity index (χ0) is 14.3. The van der Waals surface area contributed by atoms with Gasteiger partial charge in [-0.1, -0.05) is 22.0 Å². The van der Waals surface area contributed by atoms with Crippen LogP contribution in [0.25, 0.3) is 0 Å². The highest BCUT2D eigenvalue weighted by Gasteiger charge is 2.15. The van der Waals surface area contributed by atoms with Gasteiger partial charge in [-0.05, 0) is 66.7 Å². The molecule has 0 saturated carbocycles. The minimum atomic E-state index is -0.224. The van der Waals surface area contributed by atoms with E-state index in [4.69, 9.17) is 10.00 Å². The van der Waals surface area contributed by atoms with Crippen molar-refractivity contribution in [2.75, 3.05) is 6.61 Å². The summed E-state index contributed by atoms with van der Waals surface area (Å²) in [7, 11) is 0. The highest BCUT2D eigenvalue weighted by molar-refractivity contribution is 9.10. The Bertz CT molecular complexity index is 452. The Hall–Kier alpha value is -0.530. The van der Waals surface area contributed by atoms with E-state index in [1.54, 1.807) is 0 Å². The SMILES string of the molecule is CC(C)(C#N)CCCCOc1ccc(CBr)cc1Br. The van der Waals surface area contributed by atoms with E-state index in [0.717, 1.165) is 34.8 Å². The molecule has 0 aliphatic carbocycles. The topological polar surface area (TPSA) is 33.0 Å². The van der Waals surface area contributed by atoms with Crippen molar-refractivity contribution in [3.8, 4) is 11.8 Å². The molecule has 0 unspecified atom stereocenters. The molecule has 0 aromatic heterocycles. The molecular weight excluding hydrogens is 370 g/mol. The molecule has 0 radical (unpaired) electrons. The second-order valence-corrected chi connectivity index (χ2v) is 6.61. The molecule has 0 heterocycles. The number of benzene rings is 1. The van der Waals surface area contributed by atoms with Gasteiger partial charge in [0.15, 0.2) is 0 Å². The van der Waals surface area contributed by atoms with Gasteiger partial charge in [-0.25, -0.2) is 0 Å². The van der Waals surface area contributed by atoms with Crippen molar-refractivity contribution >= 4 is 31.9 Å². The molecule has 0 bridgehead atoms. The average Bonchev–Trinajstić information content (AvgIpc) is 2.39. The Morgan fingerprint density at radius 3 is 2.63 bits per heavy atom. The lowest BCUT2D eigenvalue weighted by Crippen LogP contribution is -2.08. The van der Waals surface area contributed by atoms with Crippen molar-refractivity contribution < 1.29 is 4.74 Å². The van der Waals surface area contributed by atoms with Gasteiger partial charge in [-0.2, -0.15) is 5.26 Å². The molecule has 19 heavy (non-hydrogen) atoms. The van der Waals surface area contributed by atoms with Crippen LogP contribution in [0.2, 0.25) is 0 Å². The second kappa shape index (κ2) is 7.91. The lowest BCUT2D eigenvalue weighted by molar-refractivity contribution is 0.293. The van der Waals surface area contributed by atoms with Crippen LogP contribution in [0, 0.1) is 16.7 Å². The molecule has 0 amide bonds. The highest BCUT2D eigenvalue weighted by Crippen LogP contribution is 2.27. The van der Waals surface area contributed by atoms with Crippen molar-refractivity contribution in [1.82, 2.24) is 0 Å². The molecular formula is C15H19Br2NO. The second-order valence-electron chi connectivity index (χ2n) is 5.20. The lowest BCUT2D eigenvalue weighted by Gasteiger charge is -2.14. The Morgan fingerprint density at radius 2 is 2.05 bits per heavy atom. The number of nitriles is 1. The summed E-state index contributed by atoms with van der Waals surface area (Å²) in [5.74, 6) is 0.879. The van der Waals surface area contributed by atoms with Gasteiger partial charge in [0.05, 0.1) is 22.6 Å². The number of halogens is 2. The predicted octanol–water partition coefficient (Wildman–Crippen LogP) is 5.44. The molecule has 1 rings (SSSR count). The van der Waals surface area contributed by atoms with Crippen LogP contribution in [0.5, 0.6) is 5.75 Å². The van der Waals surface area contributed by atoms with Gasteiger partial charge in [0, 0.05) is 5.33 Å². The zero-order valence-electron chi connectivity index (χ0n) is 11.4. The third-order valence-corrected chi connectivity index (χ3v) is 4.17. The molecule has 104 valence electrons. The van der Waals surface area contributed by atoms with Crippen LogP contribution in [0.15, 0.2) is 22.7 Å². The third kappa shape index (κ3) is 5.97. The van der Waals surface area contributed by atoms with E-state index < -0.39 is 0 Å². The summed E-state index contributed by atoms with van der Waals surface area (Å²) in [5.41, 5.74) is 0.993. The Kier molecular flexibility index (Phi) is 6.88. The highest BCUT2D eigenvalue weighted by atomic mass is 79.9. The molecule has 1 aromatic rings. The summed E-state index contributed by atoms with van der Waals surface area (Å²) >= 11 is 6.94. The van der Waals surface area contributed by atoms with Gasteiger partial charge in [-0.15, -0.1) is 0 Å². The number of unbranched alkanes of at least 4 members (excludes halogenated alkanes) is 1. The first-order chi connectivity index (χ1) is 8.98. The molecule has 0 N–H and O–H groups in total. The number of hydrogen-bond acceptors (Lipinski definition) is 2. The van der Waals surface area contributed by atoms with E-state index in [9.17, 15) is 0 Å². The first-order valence-electron chi connectivity index (χ1n) is 6.37. The first-order valence-corrected chi connectivity index (χ1v) is 8.28. The maximum Gasteiger partial charge on any atom is 0.133 e. The zero-order valence-corrected chi connectivity index (χ0v) is 14.6. The molecule has 0 aliphatic heterocycles. The summed E-state index contributed by atoms with van der Waals surface area (Å²) in [5, 5.41) is 9.77. The minimum Gasteiger partial charge on any atom is -0.492 e. The minimum absolute atomic E-state index is 0.224. The van der Waals surface area contributed by atoms with Crippen LogP contribution in [0.1, 0.15) is 38.7 Å². The monoisotopic (exact) mass is 387 g/mol. The van der Waals surface area contributed by atoms with Crippen LogP contribution in [0.4, 0.5) is 0 Å². The predicted molar refractivity (Wildman–Crippen MR) is 85.5 cm³/mol. The summed E-state index contributed by atoms with van der Waals surface area (Å²) in [6.45, 7) is 4.64. The molecule has 0 spiro atoms. The maximum absolute atomic E-state index is 8.92. The van der Waals surface area contributed by atoms with Gasteiger partial charge in [0.25, 0.3) is 0 Å².